The molecule has 12 heteroatoms. The van der Waals surface area contributed by atoms with Crippen molar-refractivity contribution in [3.05, 3.63) is 36.5 Å². The van der Waals surface area contributed by atoms with Gasteiger partial charge in [0, 0.05) is 12.8 Å². The minimum atomic E-state index is -4.63. The maximum atomic E-state index is 12.7. The number of unbranched alkanes of at least 4 members (excludes halogenated alkanes) is 18. The van der Waals surface area contributed by atoms with Gasteiger partial charge in [-0.15, -0.1) is 0 Å². The summed E-state index contributed by atoms with van der Waals surface area (Å²) in [5.74, 6) is -0.159. The van der Waals surface area contributed by atoms with Crippen LogP contribution in [0.3, 0.4) is 0 Å². The van der Waals surface area contributed by atoms with E-state index in [2.05, 4.69) is 51.2 Å². The Morgan fingerprint density at radius 2 is 1.18 bits per heavy atom. The smallest absolute Gasteiger partial charge is 0.462 e. The van der Waals surface area contributed by atoms with Gasteiger partial charge in [-0.25, -0.2) is 4.57 Å². The number of carbonyl (C=O) groups excluding carboxylic acids is 2. The monoisotopic (exact) mass is 871 g/mol. The molecule has 3 N–H and O–H groups in total. The Morgan fingerprint density at radius 3 is 1.77 bits per heavy atom. The molecule has 1 saturated heterocycles. The van der Waals surface area contributed by atoms with Crippen molar-refractivity contribution in [1.29, 1.82) is 0 Å². The summed E-state index contributed by atoms with van der Waals surface area (Å²) in [4.78, 5) is 35.1. The lowest BCUT2D eigenvalue weighted by Gasteiger charge is -2.20. The van der Waals surface area contributed by atoms with Crippen LogP contribution in [0.2, 0.25) is 0 Å². The molecule has 1 aliphatic rings. The van der Waals surface area contributed by atoms with Gasteiger partial charge in [-0.05, 0) is 50.9 Å². The molecule has 0 amide bonds. The average Bonchev–Trinajstić information content (AvgIpc) is 3.98. The van der Waals surface area contributed by atoms with E-state index < -0.39 is 51.8 Å². The van der Waals surface area contributed by atoms with Crippen molar-refractivity contribution in [1.82, 2.24) is 0 Å². The van der Waals surface area contributed by atoms with Crippen molar-refractivity contribution in [2.75, 3.05) is 26.4 Å². The van der Waals surface area contributed by atoms with Crippen LogP contribution in [0.1, 0.15) is 201 Å². The van der Waals surface area contributed by atoms with Crippen molar-refractivity contribution in [2.45, 2.75) is 225 Å². The van der Waals surface area contributed by atoms with E-state index in [1.807, 2.05) is 6.08 Å². The summed E-state index contributed by atoms with van der Waals surface area (Å²) in [6, 6.07) is 0. The van der Waals surface area contributed by atoms with Gasteiger partial charge in [0.25, 0.3) is 0 Å². The normalized spacial score (nSPS) is 17.5. The van der Waals surface area contributed by atoms with Gasteiger partial charge >= 0.3 is 19.8 Å². The van der Waals surface area contributed by atoms with E-state index in [-0.39, 0.29) is 19.4 Å². The number of allylic oxidation sites excluding steroid dienone is 5. The van der Waals surface area contributed by atoms with Crippen LogP contribution in [0.4, 0.5) is 0 Å². The summed E-state index contributed by atoms with van der Waals surface area (Å²) in [5.41, 5.74) is 0. The van der Waals surface area contributed by atoms with E-state index >= 15 is 0 Å². The standard InChI is InChI=1S/C48H87O11P/c1-4-5-28-34-45-46(59-45)35-30-25-21-17-14-15-18-22-26-31-36-47(51)55-40-44(41-57-60(53,54)56-39-43(50)38-49)58-48(52)37-32-27-23-19-13-11-9-7-6-8-10-12-16-20-24-29-33-42(2)3/h14,17-18,22,25,30,42-46,49-50H,4-13,15-16,19-21,23-24,26-29,31-41H2,1-3H3,(H,53,54)/b17-14-,22-18-,30-25-/t43-,44+,45?,46?/m0/s1. The SMILES string of the molecule is CCCCCC1OC1C/C=C\C/C=C\C/C=C\CCCC(=O)OC[C@H](COP(=O)(O)OC[C@@H](O)CO)OC(=O)CCCCCCCCCCCCCCCCCCC(C)C. The lowest BCUT2D eigenvalue weighted by molar-refractivity contribution is -0.161. The molecule has 0 aromatic carbocycles. The van der Waals surface area contributed by atoms with Crippen LogP contribution in [0, 0.1) is 5.92 Å². The van der Waals surface area contributed by atoms with Crippen LogP contribution in [-0.2, 0) is 37.4 Å². The fraction of sp³-hybridized carbons (Fsp3) is 0.833. The second kappa shape index (κ2) is 38.8. The number of hydrogen-bond donors (Lipinski definition) is 3. The molecule has 1 rings (SSSR count). The Bertz CT molecular complexity index is 1170. The molecular formula is C48H87O11P. The van der Waals surface area contributed by atoms with E-state index in [0.717, 1.165) is 44.4 Å². The molecule has 0 aromatic rings. The third kappa shape index (κ3) is 36.8. The molecule has 0 spiro atoms. The molecule has 0 saturated carbocycles. The molecule has 5 atom stereocenters. The Morgan fingerprint density at radius 1 is 0.650 bits per heavy atom. The maximum absolute atomic E-state index is 12.7. The highest BCUT2D eigenvalue weighted by atomic mass is 31.2. The quantitative estimate of drug-likeness (QED) is 0.0176. The number of aliphatic hydroxyl groups is 2. The molecule has 11 nitrogen and oxygen atoms in total. The lowest BCUT2D eigenvalue weighted by atomic mass is 10.0. The predicted octanol–water partition coefficient (Wildman–Crippen LogP) is 12.0. The summed E-state index contributed by atoms with van der Waals surface area (Å²) in [6.45, 7) is 4.65. The van der Waals surface area contributed by atoms with Gasteiger partial charge in [0.05, 0.1) is 32.0 Å². The van der Waals surface area contributed by atoms with Gasteiger partial charge in [0.15, 0.2) is 6.10 Å². The first-order valence-corrected chi connectivity index (χ1v) is 25.4. The summed E-state index contributed by atoms with van der Waals surface area (Å²) >= 11 is 0. The third-order valence-corrected chi connectivity index (χ3v) is 11.6. The van der Waals surface area contributed by atoms with Gasteiger partial charge in [0.2, 0.25) is 0 Å². The van der Waals surface area contributed by atoms with Crippen LogP contribution in [0.15, 0.2) is 36.5 Å². The van der Waals surface area contributed by atoms with Crippen LogP contribution in [0.5, 0.6) is 0 Å². The molecular weight excluding hydrogens is 783 g/mol. The number of phosphoric ester groups is 1. The zero-order valence-corrected chi connectivity index (χ0v) is 38.9. The first-order valence-electron chi connectivity index (χ1n) is 23.9. The summed E-state index contributed by atoms with van der Waals surface area (Å²) in [6.07, 6.45) is 41.5. The first-order chi connectivity index (χ1) is 29.1. The highest BCUT2D eigenvalue weighted by Gasteiger charge is 2.36. The van der Waals surface area contributed by atoms with Crippen LogP contribution >= 0.6 is 7.82 Å². The van der Waals surface area contributed by atoms with Gasteiger partial charge < -0.3 is 29.3 Å². The molecule has 0 aliphatic carbocycles. The summed E-state index contributed by atoms with van der Waals surface area (Å²) in [7, 11) is -4.63. The number of ether oxygens (including phenoxy) is 3. The van der Waals surface area contributed by atoms with E-state index in [9.17, 15) is 24.2 Å². The molecule has 60 heavy (non-hydrogen) atoms. The number of rotatable bonds is 43. The minimum Gasteiger partial charge on any atom is -0.462 e. The Hall–Kier alpha value is -1.85. The first kappa shape index (κ1) is 56.2. The topological polar surface area (TPSA) is 161 Å². The number of hydrogen-bond acceptors (Lipinski definition) is 10. The van der Waals surface area contributed by atoms with E-state index in [4.69, 9.17) is 28.4 Å². The number of esters is 2. The molecule has 1 fully saturated rings. The van der Waals surface area contributed by atoms with Crippen molar-refractivity contribution in [3.8, 4) is 0 Å². The summed E-state index contributed by atoms with van der Waals surface area (Å²) < 4.78 is 38.5. The molecule has 3 unspecified atom stereocenters. The van der Waals surface area contributed by atoms with Gasteiger partial charge in [-0.2, -0.15) is 0 Å². The second-order valence-corrected chi connectivity index (χ2v) is 18.5. The zero-order chi connectivity index (χ0) is 43.9. The fourth-order valence-electron chi connectivity index (χ4n) is 6.85. The number of aliphatic hydroxyl groups excluding tert-OH is 2. The third-order valence-electron chi connectivity index (χ3n) is 10.6. The van der Waals surface area contributed by atoms with Gasteiger partial charge in [-0.1, -0.05) is 179 Å². The van der Waals surface area contributed by atoms with E-state index in [1.165, 1.54) is 109 Å². The van der Waals surface area contributed by atoms with Crippen LogP contribution < -0.4 is 0 Å². The molecule has 1 aliphatic heterocycles. The van der Waals surface area contributed by atoms with Crippen molar-refractivity contribution < 1.29 is 52.5 Å². The van der Waals surface area contributed by atoms with Crippen LogP contribution in [-0.4, -0.2) is 77.9 Å². The second-order valence-electron chi connectivity index (χ2n) is 17.0. The summed E-state index contributed by atoms with van der Waals surface area (Å²) in [5, 5.41) is 18.4. The van der Waals surface area contributed by atoms with Crippen LogP contribution in [0.25, 0.3) is 0 Å². The van der Waals surface area contributed by atoms with Gasteiger partial charge in [-0.3, -0.25) is 18.6 Å². The number of carbonyl (C=O) groups is 2. The minimum absolute atomic E-state index is 0.163. The highest BCUT2D eigenvalue weighted by Crippen LogP contribution is 2.43. The molecule has 350 valence electrons. The molecule has 0 bridgehead atoms. The Kier molecular flexibility index (Phi) is 36.3. The zero-order valence-electron chi connectivity index (χ0n) is 38.0. The molecule has 1 heterocycles. The predicted molar refractivity (Wildman–Crippen MR) is 242 cm³/mol. The molecule has 0 radical (unpaired) electrons. The highest BCUT2D eigenvalue weighted by molar-refractivity contribution is 7.47. The van der Waals surface area contributed by atoms with Crippen molar-refractivity contribution in [3.63, 3.8) is 0 Å². The van der Waals surface area contributed by atoms with E-state index in [1.54, 1.807) is 0 Å². The maximum Gasteiger partial charge on any atom is 0.472 e. The fourth-order valence-corrected chi connectivity index (χ4v) is 7.64. The Balaban J connectivity index is 2.23. The molecule has 0 aromatic heterocycles. The Labute approximate surface area is 365 Å². The van der Waals surface area contributed by atoms with Gasteiger partial charge in [0.1, 0.15) is 12.7 Å². The number of phosphoric acid groups is 1. The average molecular weight is 871 g/mol. The lowest BCUT2D eigenvalue weighted by Crippen LogP contribution is -2.29. The van der Waals surface area contributed by atoms with Crippen molar-refractivity contribution in [2.24, 2.45) is 5.92 Å². The number of epoxide rings is 1. The van der Waals surface area contributed by atoms with E-state index in [0.29, 0.717) is 31.5 Å². The largest absolute Gasteiger partial charge is 0.472 e. The van der Waals surface area contributed by atoms with Crippen molar-refractivity contribution >= 4 is 19.8 Å².